The van der Waals surface area contributed by atoms with Gasteiger partial charge in [-0.05, 0) is 51.8 Å². The summed E-state index contributed by atoms with van der Waals surface area (Å²) in [6, 6.07) is 2.23. The number of carbonyl (C=O) groups excluding carboxylic acids is 1. The molecule has 22 heavy (non-hydrogen) atoms. The molecular formula is C16H26N2O3S. The first-order chi connectivity index (χ1) is 10.7. The molecule has 0 aromatic carbocycles. The molecule has 1 fully saturated rings. The van der Waals surface area contributed by atoms with Crippen LogP contribution in [0.2, 0.25) is 0 Å². The minimum Gasteiger partial charge on any atom is -0.495 e. The number of aryl methyl sites for hydroxylation is 1. The smallest absolute Gasteiger partial charge is 0.265 e. The number of methoxy groups -OCH3 is 1. The maximum absolute atomic E-state index is 12.1. The summed E-state index contributed by atoms with van der Waals surface area (Å²) in [4.78, 5) is 16.2. The summed E-state index contributed by atoms with van der Waals surface area (Å²) >= 11 is 1.46. The van der Waals surface area contributed by atoms with Crippen molar-refractivity contribution in [2.45, 2.75) is 38.6 Å². The Labute approximate surface area is 136 Å². The first-order valence-corrected chi connectivity index (χ1v) is 8.75. The topological polar surface area (TPSA) is 61.8 Å². The van der Waals surface area contributed by atoms with Crippen LogP contribution in [0.4, 0.5) is 0 Å². The molecule has 124 valence electrons. The lowest BCUT2D eigenvalue weighted by atomic mass is 10.2. The number of unbranched alkanes of at least 4 members (excludes halogenated alkanes) is 1. The number of aliphatic hydroxyl groups excluding tert-OH is 1. The quantitative estimate of drug-likeness (QED) is 0.718. The van der Waals surface area contributed by atoms with Crippen molar-refractivity contribution in [3.05, 3.63) is 15.8 Å². The molecule has 1 atom stereocenters. The van der Waals surface area contributed by atoms with Crippen molar-refractivity contribution in [3.8, 4) is 5.75 Å². The third kappa shape index (κ3) is 4.44. The highest BCUT2D eigenvalue weighted by Crippen LogP contribution is 2.28. The van der Waals surface area contributed by atoms with Gasteiger partial charge in [0, 0.05) is 17.5 Å². The third-order valence-electron chi connectivity index (χ3n) is 4.11. The summed E-state index contributed by atoms with van der Waals surface area (Å²) in [5, 5.41) is 12.2. The van der Waals surface area contributed by atoms with Gasteiger partial charge in [-0.2, -0.15) is 0 Å². The second-order valence-corrected chi connectivity index (χ2v) is 6.99. The van der Waals surface area contributed by atoms with E-state index in [1.54, 1.807) is 7.11 Å². The van der Waals surface area contributed by atoms with Gasteiger partial charge in [0.25, 0.3) is 5.91 Å². The lowest BCUT2D eigenvalue weighted by Gasteiger charge is -2.22. The van der Waals surface area contributed by atoms with Gasteiger partial charge in [0.15, 0.2) is 0 Å². The molecule has 1 unspecified atom stereocenters. The number of amides is 1. The number of aliphatic hydroxyl groups is 1. The van der Waals surface area contributed by atoms with Crippen LogP contribution < -0.4 is 10.1 Å². The fourth-order valence-corrected chi connectivity index (χ4v) is 3.81. The van der Waals surface area contributed by atoms with Crippen LogP contribution in [0.5, 0.6) is 5.75 Å². The molecule has 6 heteroatoms. The molecule has 1 amide bonds. The Morgan fingerprint density at radius 1 is 1.55 bits per heavy atom. The average molecular weight is 326 g/mol. The van der Waals surface area contributed by atoms with Crippen LogP contribution in [-0.4, -0.2) is 55.3 Å². The SMILES string of the molecule is COc1cc(C)sc1C(=O)NCCCCN1CCCC1CO. The van der Waals surface area contributed by atoms with Crippen molar-refractivity contribution in [1.29, 1.82) is 0 Å². The fraction of sp³-hybridized carbons (Fsp3) is 0.688. The number of ether oxygens (including phenoxy) is 1. The van der Waals surface area contributed by atoms with Crippen LogP contribution in [0.15, 0.2) is 6.07 Å². The Balaban J connectivity index is 1.67. The van der Waals surface area contributed by atoms with Gasteiger partial charge in [-0.15, -0.1) is 11.3 Å². The molecule has 5 nitrogen and oxygen atoms in total. The highest BCUT2D eigenvalue weighted by atomic mass is 32.1. The lowest BCUT2D eigenvalue weighted by molar-refractivity contribution is 0.0953. The van der Waals surface area contributed by atoms with Crippen molar-refractivity contribution in [1.82, 2.24) is 10.2 Å². The van der Waals surface area contributed by atoms with Gasteiger partial charge in [-0.1, -0.05) is 0 Å². The summed E-state index contributed by atoms with van der Waals surface area (Å²) in [5.74, 6) is 0.604. The fourth-order valence-electron chi connectivity index (χ4n) is 2.92. The lowest BCUT2D eigenvalue weighted by Crippen LogP contribution is -2.33. The predicted molar refractivity (Wildman–Crippen MR) is 88.9 cm³/mol. The number of hydrogen-bond donors (Lipinski definition) is 2. The number of hydrogen-bond acceptors (Lipinski definition) is 5. The first kappa shape index (κ1) is 17.2. The molecule has 0 aliphatic carbocycles. The zero-order chi connectivity index (χ0) is 15.9. The zero-order valence-corrected chi connectivity index (χ0v) is 14.2. The standard InChI is InChI=1S/C16H26N2O3S/c1-12-10-14(21-2)15(22-12)16(20)17-7-3-4-8-18-9-5-6-13(18)11-19/h10,13,19H,3-9,11H2,1-2H3,(H,17,20). The molecule has 1 saturated heterocycles. The molecule has 1 aliphatic heterocycles. The van der Waals surface area contributed by atoms with E-state index < -0.39 is 0 Å². The average Bonchev–Trinajstić information content (AvgIpc) is 3.12. The highest BCUT2D eigenvalue weighted by Gasteiger charge is 2.22. The Morgan fingerprint density at radius 2 is 2.36 bits per heavy atom. The van der Waals surface area contributed by atoms with Gasteiger partial charge < -0.3 is 15.2 Å². The van der Waals surface area contributed by atoms with E-state index in [9.17, 15) is 9.90 Å². The van der Waals surface area contributed by atoms with E-state index in [0.717, 1.165) is 37.2 Å². The first-order valence-electron chi connectivity index (χ1n) is 7.93. The van der Waals surface area contributed by atoms with Crippen LogP contribution in [0.25, 0.3) is 0 Å². The van der Waals surface area contributed by atoms with Crippen LogP contribution in [0.3, 0.4) is 0 Å². The molecular weight excluding hydrogens is 300 g/mol. The third-order valence-corrected chi connectivity index (χ3v) is 5.15. The maximum Gasteiger partial charge on any atom is 0.265 e. The molecule has 1 aliphatic rings. The number of rotatable bonds is 8. The Kier molecular flexibility index (Phi) is 6.67. The number of thiophene rings is 1. The van der Waals surface area contributed by atoms with E-state index in [2.05, 4.69) is 10.2 Å². The summed E-state index contributed by atoms with van der Waals surface area (Å²) in [5.41, 5.74) is 0. The maximum atomic E-state index is 12.1. The van der Waals surface area contributed by atoms with Gasteiger partial charge in [0.05, 0.1) is 13.7 Å². The van der Waals surface area contributed by atoms with Crippen molar-refractivity contribution in [2.75, 3.05) is 33.4 Å². The predicted octanol–water partition coefficient (Wildman–Crippen LogP) is 2.03. The van der Waals surface area contributed by atoms with Crippen LogP contribution in [-0.2, 0) is 0 Å². The van der Waals surface area contributed by atoms with E-state index >= 15 is 0 Å². The second kappa shape index (κ2) is 8.50. The number of nitrogens with one attached hydrogen (secondary N) is 1. The molecule has 0 saturated carbocycles. The van der Waals surface area contributed by atoms with Gasteiger partial charge in [0.2, 0.25) is 0 Å². The molecule has 0 bridgehead atoms. The van der Waals surface area contributed by atoms with Crippen molar-refractivity contribution >= 4 is 17.2 Å². The van der Waals surface area contributed by atoms with Gasteiger partial charge >= 0.3 is 0 Å². The van der Waals surface area contributed by atoms with Gasteiger partial charge in [0.1, 0.15) is 10.6 Å². The summed E-state index contributed by atoms with van der Waals surface area (Å²) in [6.07, 6.45) is 4.27. The van der Waals surface area contributed by atoms with Gasteiger partial charge in [-0.25, -0.2) is 0 Å². The number of nitrogens with zero attached hydrogens (tertiary/aromatic N) is 1. The number of carbonyl (C=O) groups is 1. The summed E-state index contributed by atoms with van der Waals surface area (Å²) in [7, 11) is 1.59. The second-order valence-electron chi connectivity index (χ2n) is 5.73. The molecule has 2 N–H and O–H groups in total. The molecule has 2 heterocycles. The number of likely N-dealkylation sites (tertiary alicyclic amines) is 1. The Hall–Kier alpha value is -1.11. The Bertz CT molecular complexity index is 490. The van der Waals surface area contributed by atoms with Crippen molar-refractivity contribution < 1.29 is 14.6 Å². The normalized spacial score (nSPS) is 18.6. The van der Waals surface area contributed by atoms with Crippen LogP contribution >= 0.6 is 11.3 Å². The molecule has 1 aromatic heterocycles. The van der Waals surface area contributed by atoms with E-state index in [1.807, 2.05) is 13.0 Å². The van der Waals surface area contributed by atoms with E-state index in [-0.39, 0.29) is 12.5 Å². The van der Waals surface area contributed by atoms with E-state index in [1.165, 1.54) is 17.8 Å². The minimum absolute atomic E-state index is 0.0515. The molecule has 0 spiro atoms. The molecule has 0 radical (unpaired) electrons. The highest BCUT2D eigenvalue weighted by molar-refractivity contribution is 7.14. The Morgan fingerprint density at radius 3 is 3.09 bits per heavy atom. The minimum atomic E-state index is -0.0515. The van der Waals surface area contributed by atoms with E-state index in [4.69, 9.17) is 4.74 Å². The summed E-state index contributed by atoms with van der Waals surface area (Å²) in [6.45, 7) is 4.99. The monoisotopic (exact) mass is 326 g/mol. The van der Waals surface area contributed by atoms with E-state index in [0.29, 0.717) is 23.2 Å². The largest absolute Gasteiger partial charge is 0.495 e. The summed E-state index contributed by atoms with van der Waals surface area (Å²) < 4.78 is 5.23. The zero-order valence-electron chi connectivity index (χ0n) is 13.4. The molecule has 2 rings (SSSR count). The van der Waals surface area contributed by atoms with Crippen LogP contribution in [0, 0.1) is 6.92 Å². The van der Waals surface area contributed by atoms with Crippen molar-refractivity contribution in [2.24, 2.45) is 0 Å². The van der Waals surface area contributed by atoms with Crippen LogP contribution in [0.1, 0.15) is 40.2 Å². The van der Waals surface area contributed by atoms with Crippen molar-refractivity contribution in [3.63, 3.8) is 0 Å². The molecule has 1 aromatic rings. The van der Waals surface area contributed by atoms with Gasteiger partial charge in [-0.3, -0.25) is 9.69 Å².